The number of carbonyl (C=O) groups is 3. The minimum absolute atomic E-state index is 0.127. The van der Waals surface area contributed by atoms with E-state index in [9.17, 15) is 19.2 Å². The van der Waals surface area contributed by atoms with Crippen molar-refractivity contribution in [1.29, 1.82) is 0 Å². The Hall–Kier alpha value is -3.16. The third-order valence-electron chi connectivity index (χ3n) is 4.90. The molecule has 0 spiro atoms. The molecule has 2 aromatic rings. The number of aromatic amines is 1. The third-order valence-corrected chi connectivity index (χ3v) is 4.90. The first-order valence-electron chi connectivity index (χ1n) is 8.75. The summed E-state index contributed by atoms with van der Waals surface area (Å²) in [6.07, 6.45) is 0.828. The summed E-state index contributed by atoms with van der Waals surface area (Å²) in [6.45, 7) is 0.606. The van der Waals surface area contributed by atoms with E-state index >= 15 is 0 Å². The minimum Gasteiger partial charge on any atom is -0.481 e. The Morgan fingerprint density at radius 3 is 2.56 bits per heavy atom. The van der Waals surface area contributed by atoms with Gasteiger partial charge in [-0.25, -0.2) is 0 Å². The van der Waals surface area contributed by atoms with Gasteiger partial charge in [-0.1, -0.05) is 18.2 Å². The number of likely N-dealkylation sites (tertiary alicyclic amines) is 1. The van der Waals surface area contributed by atoms with E-state index in [-0.39, 0.29) is 23.6 Å². The fraction of sp³-hybridized carbons (Fsp3) is 0.368. The van der Waals surface area contributed by atoms with Crippen molar-refractivity contribution >= 4 is 28.7 Å². The van der Waals surface area contributed by atoms with Crippen molar-refractivity contribution in [3.63, 3.8) is 0 Å². The summed E-state index contributed by atoms with van der Waals surface area (Å²) >= 11 is 0. The first-order valence-corrected chi connectivity index (χ1v) is 8.75. The van der Waals surface area contributed by atoms with Crippen LogP contribution < -0.4 is 5.56 Å². The van der Waals surface area contributed by atoms with Gasteiger partial charge in [0.2, 0.25) is 11.5 Å². The number of nitrogens with zero attached hydrogens (tertiary/aromatic N) is 2. The minimum atomic E-state index is -0.837. The number of carbonyl (C=O) groups excluding carboxylic acids is 2. The average Bonchev–Trinajstić information content (AvgIpc) is 2.66. The van der Waals surface area contributed by atoms with Crippen molar-refractivity contribution in [3.8, 4) is 0 Å². The van der Waals surface area contributed by atoms with E-state index in [1.807, 2.05) is 0 Å². The molecule has 0 atom stereocenters. The number of aromatic nitrogens is 1. The van der Waals surface area contributed by atoms with Crippen LogP contribution in [0.5, 0.6) is 0 Å². The van der Waals surface area contributed by atoms with Gasteiger partial charge in [0, 0.05) is 37.1 Å². The van der Waals surface area contributed by atoms with Crippen LogP contribution in [0.15, 0.2) is 35.1 Å². The van der Waals surface area contributed by atoms with Gasteiger partial charge in [0.05, 0.1) is 18.0 Å². The van der Waals surface area contributed by atoms with Gasteiger partial charge in [0.15, 0.2) is 0 Å². The Balaban J connectivity index is 1.71. The first-order chi connectivity index (χ1) is 12.9. The van der Waals surface area contributed by atoms with Gasteiger partial charge < -0.3 is 19.9 Å². The highest BCUT2D eigenvalue weighted by atomic mass is 16.4. The molecule has 0 bridgehead atoms. The quantitative estimate of drug-likeness (QED) is 0.830. The standard InChI is InChI=1S/C19H21N3O5/c1-21(11-17(24)22-8-6-12(7-9-22)19(26)27)18(25)14-10-16(23)20-15-5-3-2-4-13(14)15/h2-5,10,12H,6-9,11H2,1H3,(H,20,23)(H,26,27). The maximum absolute atomic E-state index is 12.8. The van der Waals surface area contributed by atoms with E-state index in [0.29, 0.717) is 36.8 Å². The van der Waals surface area contributed by atoms with Crippen LogP contribution in [-0.4, -0.2) is 64.4 Å². The lowest BCUT2D eigenvalue weighted by atomic mass is 9.97. The number of pyridine rings is 1. The van der Waals surface area contributed by atoms with Gasteiger partial charge in [0.25, 0.3) is 5.91 Å². The molecular formula is C19H21N3O5. The van der Waals surface area contributed by atoms with E-state index in [1.165, 1.54) is 18.0 Å². The predicted molar refractivity (Wildman–Crippen MR) is 98.5 cm³/mol. The van der Waals surface area contributed by atoms with Crippen molar-refractivity contribution in [3.05, 3.63) is 46.2 Å². The van der Waals surface area contributed by atoms with Crippen molar-refractivity contribution in [2.75, 3.05) is 26.7 Å². The van der Waals surface area contributed by atoms with Crippen LogP contribution >= 0.6 is 0 Å². The highest BCUT2D eigenvalue weighted by Crippen LogP contribution is 2.19. The SMILES string of the molecule is CN(CC(=O)N1CCC(C(=O)O)CC1)C(=O)c1cc(=O)[nH]c2ccccc12. The molecule has 0 aliphatic carbocycles. The van der Waals surface area contributed by atoms with E-state index in [1.54, 1.807) is 29.2 Å². The van der Waals surface area contributed by atoms with Crippen LogP contribution in [-0.2, 0) is 9.59 Å². The molecule has 1 fully saturated rings. The van der Waals surface area contributed by atoms with Crippen molar-refractivity contribution < 1.29 is 19.5 Å². The van der Waals surface area contributed by atoms with Gasteiger partial charge in [-0.2, -0.15) is 0 Å². The van der Waals surface area contributed by atoms with Crippen molar-refractivity contribution in [2.24, 2.45) is 5.92 Å². The number of hydrogen-bond donors (Lipinski definition) is 2. The normalized spacial score (nSPS) is 14.9. The number of fused-ring (bicyclic) bond motifs is 1. The molecule has 2 N–H and O–H groups in total. The zero-order valence-electron chi connectivity index (χ0n) is 15.0. The molecule has 1 aliphatic rings. The number of piperidine rings is 1. The van der Waals surface area contributed by atoms with Gasteiger partial charge in [-0.15, -0.1) is 0 Å². The highest BCUT2D eigenvalue weighted by molar-refractivity contribution is 6.06. The zero-order chi connectivity index (χ0) is 19.6. The monoisotopic (exact) mass is 371 g/mol. The molecule has 0 radical (unpaired) electrons. The Bertz CT molecular complexity index is 944. The van der Waals surface area contributed by atoms with Crippen LogP contribution in [0, 0.1) is 5.92 Å². The highest BCUT2D eigenvalue weighted by Gasteiger charge is 2.28. The molecule has 0 saturated carbocycles. The molecule has 0 unspecified atom stereocenters. The second-order valence-electron chi connectivity index (χ2n) is 6.75. The first kappa shape index (κ1) is 18.6. The van der Waals surface area contributed by atoms with Crippen LogP contribution in [0.25, 0.3) is 10.9 Å². The predicted octanol–water partition coefficient (Wildman–Crippen LogP) is 0.923. The number of hydrogen-bond acceptors (Lipinski definition) is 4. The summed E-state index contributed by atoms with van der Waals surface area (Å²) in [5, 5.41) is 9.65. The lowest BCUT2D eigenvalue weighted by molar-refractivity contribution is -0.145. The number of benzene rings is 1. The van der Waals surface area contributed by atoms with Gasteiger partial charge in [-0.05, 0) is 18.9 Å². The summed E-state index contributed by atoms with van der Waals surface area (Å²) in [7, 11) is 1.51. The molecule has 1 aliphatic heterocycles. The van der Waals surface area contributed by atoms with Gasteiger partial charge >= 0.3 is 5.97 Å². The maximum atomic E-state index is 12.8. The number of H-pyrrole nitrogens is 1. The van der Waals surface area contributed by atoms with E-state index in [2.05, 4.69) is 4.98 Å². The van der Waals surface area contributed by atoms with E-state index in [0.717, 1.165) is 0 Å². The summed E-state index contributed by atoms with van der Waals surface area (Å²) < 4.78 is 0. The smallest absolute Gasteiger partial charge is 0.306 e. The molecule has 27 heavy (non-hydrogen) atoms. The van der Waals surface area contributed by atoms with E-state index in [4.69, 9.17) is 5.11 Å². The van der Waals surface area contributed by atoms with Crippen LogP contribution in [0.1, 0.15) is 23.2 Å². The van der Waals surface area contributed by atoms with Crippen LogP contribution in [0.3, 0.4) is 0 Å². The second-order valence-corrected chi connectivity index (χ2v) is 6.75. The molecule has 3 rings (SSSR count). The zero-order valence-corrected chi connectivity index (χ0v) is 15.0. The number of likely N-dealkylation sites (N-methyl/N-ethyl adjacent to an activating group) is 1. The van der Waals surface area contributed by atoms with Crippen molar-refractivity contribution in [1.82, 2.24) is 14.8 Å². The molecule has 1 aromatic carbocycles. The summed E-state index contributed by atoms with van der Waals surface area (Å²) in [5.74, 6) is -1.90. The fourth-order valence-electron chi connectivity index (χ4n) is 3.34. The topological polar surface area (TPSA) is 111 Å². The molecular weight excluding hydrogens is 350 g/mol. The number of rotatable bonds is 4. The number of nitrogens with one attached hydrogen (secondary N) is 1. The Kier molecular flexibility index (Phi) is 5.25. The Morgan fingerprint density at radius 2 is 1.89 bits per heavy atom. The Labute approximate surface area is 155 Å². The summed E-state index contributed by atoms with van der Waals surface area (Å²) in [6, 6.07) is 8.23. The van der Waals surface area contributed by atoms with E-state index < -0.39 is 17.8 Å². The second kappa shape index (κ2) is 7.61. The maximum Gasteiger partial charge on any atom is 0.306 e. The Morgan fingerprint density at radius 1 is 1.22 bits per heavy atom. The molecule has 8 heteroatoms. The summed E-state index contributed by atoms with van der Waals surface area (Å²) in [4.78, 5) is 53.7. The number of amides is 2. The number of carboxylic acids is 1. The van der Waals surface area contributed by atoms with Gasteiger partial charge in [-0.3, -0.25) is 19.2 Å². The van der Waals surface area contributed by atoms with Crippen LogP contribution in [0.2, 0.25) is 0 Å². The molecule has 1 aromatic heterocycles. The molecule has 2 amide bonds. The molecule has 8 nitrogen and oxygen atoms in total. The fourth-order valence-corrected chi connectivity index (χ4v) is 3.34. The average molecular weight is 371 g/mol. The largest absolute Gasteiger partial charge is 0.481 e. The number of para-hydroxylation sites is 1. The van der Waals surface area contributed by atoms with Crippen molar-refractivity contribution in [2.45, 2.75) is 12.8 Å². The van der Waals surface area contributed by atoms with Gasteiger partial charge in [0.1, 0.15) is 0 Å². The molecule has 2 heterocycles. The lowest BCUT2D eigenvalue weighted by Gasteiger charge is -2.31. The number of aliphatic carboxylic acids is 1. The summed E-state index contributed by atoms with van der Waals surface area (Å²) in [5.41, 5.74) is 0.422. The number of carboxylic acid groups (broad SMARTS) is 1. The molecule has 1 saturated heterocycles. The van der Waals surface area contributed by atoms with Crippen LogP contribution in [0.4, 0.5) is 0 Å². The lowest BCUT2D eigenvalue weighted by Crippen LogP contribution is -2.45. The third kappa shape index (κ3) is 3.99. The molecule has 142 valence electrons.